The molecule has 0 bridgehead atoms. The molecule has 0 amide bonds. The molecule has 1 aromatic rings. The van der Waals surface area contributed by atoms with Gasteiger partial charge in [0.2, 0.25) is 0 Å². The third-order valence-electron chi connectivity index (χ3n) is 3.51. The summed E-state index contributed by atoms with van der Waals surface area (Å²) in [6.45, 7) is 2.47. The maximum Gasteiger partial charge on any atom is 0.421 e. The molecule has 1 rings (SSSR count). The smallest absolute Gasteiger partial charge is 0.399 e. The molecule has 0 heterocycles. The van der Waals surface area contributed by atoms with Crippen LogP contribution in [0.15, 0.2) is 24.3 Å². The second-order valence-electron chi connectivity index (χ2n) is 5.31. The molecular formula is C16H24F3NO3. The minimum absolute atomic E-state index is 0.00593. The monoisotopic (exact) mass is 335 g/mol. The van der Waals surface area contributed by atoms with Crippen molar-refractivity contribution in [2.24, 2.45) is 0 Å². The van der Waals surface area contributed by atoms with Crippen molar-refractivity contribution in [3.8, 4) is 0 Å². The maximum absolute atomic E-state index is 13.4. The topological polar surface area (TPSA) is 53.7 Å². The minimum Gasteiger partial charge on any atom is -0.399 e. The van der Waals surface area contributed by atoms with Crippen LogP contribution >= 0.6 is 0 Å². The van der Waals surface area contributed by atoms with Gasteiger partial charge in [-0.3, -0.25) is 0 Å². The lowest BCUT2D eigenvalue weighted by molar-refractivity contribution is -0.278. The van der Waals surface area contributed by atoms with Crippen molar-refractivity contribution in [2.75, 3.05) is 39.3 Å². The van der Waals surface area contributed by atoms with Crippen molar-refractivity contribution < 1.29 is 27.4 Å². The van der Waals surface area contributed by atoms with E-state index in [1.54, 1.807) is 7.11 Å². The van der Waals surface area contributed by atoms with E-state index in [0.29, 0.717) is 38.3 Å². The van der Waals surface area contributed by atoms with Gasteiger partial charge in [0.05, 0.1) is 13.2 Å². The minimum atomic E-state index is -4.52. The number of hydrogen-bond donors (Lipinski definition) is 1. The summed E-state index contributed by atoms with van der Waals surface area (Å²) in [5.74, 6) is 0. The van der Waals surface area contributed by atoms with Gasteiger partial charge in [-0.05, 0) is 37.5 Å². The van der Waals surface area contributed by atoms with Crippen molar-refractivity contribution >= 4 is 5.69 Å². The Balaban J connectivity index is 2.51. The predicted molar refractivity (Wildman–Crippen MR) is 82.1 cm³/mol. The molecule has 0 aromatic heterocycles. The summed E-state index contributed by atoms with van der Waals surface area (Å²) in [6, 6.07) is 5.56. The molecule has 1 unspecified atom stereocenters. The average molecular weight is 335 g/mol. The van der Waals surface area contributed by atoms with E-state index in [0.717, 1.165) is 6.92 Å². The van der Waals surface area contributed by atoms with Gasteiger partial charge in [0.15, 0.2) is 5.60 Å². The van der Waals surface area contributed by atoms with Gasteiger partial charge in [0.1, 0.15) is 0 Å². The van der Waals surface area contributed by atoms with Crippen LogP contribution in [-0.4, -0.2) is 39.7 Å². The molecule has 4 nitrogen and oxygen atoms in total. The van der Waals surface area contributed by atoms with Crippen LogP contribution in [0.5, 0.6) is 0 Å². The molecular weight excluding hydrogens is 311 g/mol. The first-order valence-corrected chi connectivity index (χ1v) is 7.44. The van der Waals surface area contributed by atoms with Gasteiger partial charge < -0.3 is 19.9 Å². The molecule has 0 aliphatic carbocycles. The normalized spacial score (nSPS) is 14.7. The first-order valence-electron chi connectivity index (χ1n) is 7.44. The van der Waals surface area contributed by atoms with Gasteiger partial charge in [-0.1, -0.05) is 12.1 Å². The summed E-state index contributed by atoms with van der Waals surface area (Å²) >= 11 is 0. The highest BCUT2D eigenvalue weighted by Gasteiger charge is 2.53. The van der Waals surface area contributed by atoms with Crippen LogP contribution < -0.4 is 5.73 Å². The quantitative estimate of drug-likeness (QED) is 0.525. The second-order valence-corrected chi connectivity index (χ2v) is 5.31. The molecule has 0 radical (unpaired) electrons. The van der Waals surface area contributed by atoms with Gasteiger partial charge in [0.25, 0.3) is 0 Å². The van der Waals surface area contributed by atoms with Gasteiger partial charge in [-0.15, -0.1) is 0 Å². The zero-order chi connectivity index (χ0) is 17.3. The Morgan fingerprint density at radius 2 is 1.57 bits per heavy atom. The number of halogens is 3. The van der Waals surface area contributed by atoms with Gasteiger partial charge in [-0.2, -0.15) is 13.2 Å². The van der Waals surface area contributed by atoms with E-state index in [1.165, 1.54) is 24.3 Å². The predicted octanol–water partition coefficient (Wildman–Crippen LogP) is 3.51. The Labute approximate surface area is 134 Å². The number of benzene rings is 1. The molecule has 0 spiro atoms. The molecule has 23 heavy (non-hydrogen) atoms. The summed E-state index contributed by atoms with van der Waals surface area (Å²) in [6.07, 6.45) is -3.41. The highest BCUT2D eigenvalue weighted by molar-refractivity contribution is 5.41. The SMILES string of the molecule is COCCOCCCCOC(C)(c1ccc(N)cc1)C(F)(F)F. The first-order chi connectivity index (χ1) is 10.8. The van der Waals surface area contributed by atoms with Crippen LogP contribution in [-0.2, 0) is 19.8 Å². The highest BCUT2D eigenvalue weighted by Crippen LogP contribution is 2.42. The lowest BCUT2D eigenvalue weighted by Gasteiger charge is -2.32. The summed E-state index contributed by atoms with van der Waals surface area (Å²) < 4.78 is 55.5. The molecule has 2 N–H and O–H groups in total. The Bertz CT molecular complexity index is 451. The van der Waals surface area contributed by atoms with Crippen molar-refractivity contribution in [2.45, 2.75) is 31.5 Å². The lowest BCUT2D eigenvalue weighted by atomic mass is 9.94. The zero-order valence-electron chi connectivity index (χ0n) is 13.5. The fourth-order valence-electron chi connectivity index (χ4n) is 1.96. The molecule has 0 aliphatic heterocycles. The van der Waals surface area contributed by atoms with E-state index in [2.05, 4.69) is 0 Å². The molecule has 0 saturated carbocycles. The summed E-state index contributed by atoms with van der Waals surface area (Å²) in [5, 5.41) is 0. The average Bonchev–Trinajstić information content (AvgIpc) is 2.49. The van der Waals surface area contributed by atoms with E-state index in [9.17, 15) is 13.2 Å². The van der Waals surface area contributed by atoms with E-state index in [1.807, 2.05) is 0 Å². The molecule has 0 aliphatic rings. The third kappa shape index (κ3) is 6.01. The number of alkyl halides is 3. The number of methoxy groups -OCH3 is 1. The van der Waals surface area contributed by atoms with E-state index < -0.39 is 11.8 Å². The first kappa shape index (κ1) is 19.7. The Hall–Kier alpha value is -1.31. The lowest BCUT2D eigenvalue weighted by Crippen LogP contribution is -2.42. The third-order valence-corrected chi connectivity index (χ3v) is 3.51. The molecule has 132 valence electrons. The van der Waals surface area contributed by atoms with Gasteiger partial charge >= 0.3 is 6.18 Å². The summed E-state index contributed by atoms with van der Waals surface area (Å²) in [5.41, 5.74) is 3.62. The molecule has 1 aromatic carbocycles. The maximum atomic E-state index is 13.4. The molecule has 0 saturated heterocycles. The second kappa shape index (κ2) is 9.10. The summed E-state index contributed by atoms with van der Waals surface area (Å²) in [4.78, 5) is 0. The van der Waals surface area contributed by atoms with Crippen molar-refractivity contribution in [3.63, 3.8) is 0 Å². The van der Waals surface area contributed by atoms with Crippen LogP contribution in [0.3, 0.4) is 0 Å². The fourth-order valence-corrected chi connectivity index (χ4v) is 1.96. The standard InChI is InChI=1S/C16H24F3NO3/c1-15(16(17,18)19,13-5-7-14(20)8-6-13)23-10-4-3-9-22-12-11-21-2/h5-8H,3-4,9-12,20H2,1-2H3. The molecule has 1 atom stereocenters. The number of nitrogens with two attached hydrogens (primary N) is 1. The van der Waals surface area contributed by atoms with Crippen molar-refractivity contribution in [1.82, 2.24) is 0 Å². The Kier molecular flexibility index (Phi) is 7.81. The number of anilines is 1. The van der Waals surface area contributed by atoms with Crippen LogP contribution in [0.2, 0.25) is 0 Å². The largest absolute Gasteiger partial charge is 0.421 e. The van der Waals surface area contributed by atoms with Crippen LogP contribution in [0.4, 0.5) is 18.9 Å². The number of nitrogen functional groups attached to an aromatic ring is 1. The Morgan fingerprint density at radius 1 is 0.957 bits per heavy atom. The Morgan fingerprint density at radius 3 is 2.13 bits per heavy atom. The number of rotatable bonds is 10. The summed E-state index contributed by atoms with van der Waals surface area (Å²) in [7, 11) is 1.58. The fraction of sp³-hybridized carbons (Fsp3) is 0.625. The molecule has 0 fully saturated rings. The van der Waals surface area contributed by atoms with E-state index in [-0.39, 0.29) is 12.2 Å². The van der Waals surface area contributed by atoms with Crippen LogP contribution in [0, 0.1) is 0 Å². The van der Waals surface area contributed by atoms with Crippen molar-refractivity contribution in [3.05, 3.63) is 29.8 Å². The van der Waals surface area contributed by atoms with E-state index >= 15 is 0 Å². The van der Waals surface area contributed by atoms with Gasteiger partial charge in [0, 0.05) is 26.0 Å². The molecule has 7 heteroatoms. The van der Waals surface area contributed by atoms with Crippen LogP contribution in [0.25, 0.3) is 0 Å². The number of hydrogen-bond acceptors (Lipinski definition) is 4. The van der Waals surface area contributed by atoms with Crippen molar-refractivity contribution in [1.29, 1.82) is 0 Å². The van der Waals surface area contributed by atoms with Gasteiger partial charge in [-0.25, -0.2) is 0 Å². The van der Waals surface area contributed by atoms with E-state index in [4.69, 9.17) is 19.9 Å². The zero-order valence-corrected chi connectivity index (χ0v) is 13.5. The van der Waals surface area contributed by atoms with Crippen LogP contribution in [0.1, 0.15) is 25.3 Å². The number of unbranched alkanes of at least 4 members (excludes halogenated alkanes) is 1. The number of ether oxygens (including phenoxy) is 3. The highest BCUT2D eigenvalue weighted by atomic mass is 19.4.